The van der Waals surface area contributed by atoms with Gasteiger partial charge in [-0.05, 0) is 53.9 Å². The fraction of sp³-hybridized carbons (Fsp3) is 0.167. The molecule has 3 N–H and O–H groups in total. The first-order chi connectivity index (χ1) is 14.5. The lowest BCUT2D eigenvalue weighted by Gasteiger charge is -2.09. The first-order valence-corrected chi connectivity index (χ1v) is 9.20. The molecule has 0 saturated carbocycles. The van der Waals surface area contributed by atoms with Crippen LogP contribution in [0.2, 0.25) is 0 Å². The van der Waals surface area contributed by atoms with E-state index in [4.69, 9.17) is 19.3 Å². The first-order valence-electron chi connectivity index (χ1n) is 9.20. The molecule has 0 aromatic heterocycles. The van der Waals surface area contributed by atoms with Crippen molar-refractivity contribution < 1.29 is 29.5 Å². The number of methoxy groups -OCH3 is 3. The third kappa shape index (κ3) is 6.38. The van der Waals surface area contributed by atoms with Crippen LogP contribution in [0.5, 0.6) is 34.5 Å². The van der Waals surface area contributed by atoms with E-state index in [0.29, 0.717) is 17.2 Å². The Balaban J connectivity index is 0.000000297. The highest BCUT2D eigenvalue weighted by Crippen LogP contribution is 2.37. The lowest BCUT2D eigenvalue weighted by molar-refractivity contribution is 0.340. The van der Waals surface area contributed by atoms with Crippen molar-refractivity contribution in [3.63, 3.8) is 0 Å². The Morgan fingerprint density at radius 3 is 1.80 bits per heavy atom. The van der Waals surface area contributed by atoms with Crippen LogP contribution in [0, 0.1) is 0 Å². The van der Waals surface area contributed by atoms with Crippen LogP contribution in [-0.4, -0.2) is 36.6 Å². The van der Waals surface area contributed by atoms with E-state index in [0.717, 1.165) is 17.5 Å². The van der Waals surface area contributed by atoms with Crippen LogP contribution in [0.1, 0.15) is 11.1 Å². The maximum Gasteiger partial charge on any atom is 0.200 e. The molecule has 0 aliphatic rings. The summed E-state index contributed by atoms with van der Waals surface area (Å²) >= 11 is 0. The molecule has 0 fully saturated rings. The molecule has 30 heavy (non-hydrogen) atoms. The Labute approximate surface area is 176 Å². The molecule has 3 rings (SSSR count). The first kappa shape index (κ1) is 22.5. The number of para-hydroxylation sites is 2. The lowest BCUT2D eigenvalue weighted by Crippen LogP contribution is -1.90. The molecular weight excluding hydrogens is 384 g/mol. The smallest absolute Gasteiger partial charge is 0.200 e. The highest BCUT2D eigenvalue weighted by molar-refractivity contribution is 5.61. The molecule has 3 aromatic rings. The number of aromatic hydroxyl groups is 3. The Hall–Kier alpha value is -3.80. The van der Waals surface area contributed by atoms with Gasteiger partial charge in [0.15, 0.2) is 23.0 Å². The second-order valence-corrected chi connectivity index (χ2v) is 6.22. The fourth-order valence-electron chi connectivity index (χ4n) is 2.60. The molecule has 0 unspecified atom stereocenters. The predicted molar refractivity (Wildman–Crippen MR) is 117 cm³/mol. The molecule has 0 heterocycles. The molecule has 0 saturated heterocycles. The molecule has 0 bridgehead atoms. The van der Waals surface area contributed by atoms with Crippen LogP contribution >= 0.6 is 0 Å². The average molecular weight is 410 g/mol. The van der Waals surface area contributed by atoms with Gasteiger partial charge in [0.25, 0.3) is 0 Å². The summed E-state index contributed by atoms with van der Waals surface area (Å²) in [6.45, 7) is 0. The number of hydrogen-bond acceptors (Lipinski definition) is 6. The second kappa shape index (κ2) is 11.3. The normalized spacial score (nSPS) is 10.2. The standard InChI is InChI=1S/C17H18O4.C7H8O2/c1-20-15-10-13(11-16(21-2)17(15)19)5-3-4-12-6-8-14(18)9-7-12;1-9-7-5-3-2-4-6(7)8/h3,5-11,18-19H,4H2,1-2H3;2-5,8H,1H3/b5-3+;. The zero-order chi connectivity index (χ0) is 21.9. The number of phenols is 3. The van der Waals surface area contributed by atoms with Gasteiger partial charge >= 0.3 is 0 Å². The SMILES string of the molecule is COc1cc(/C=C/Cc2ccc(O)cc2)cc(OC)c1O.COc1ccccc1O. The van der Waals surface area contributed by atoms with Crippen molar-refractivity contribution in [2.24, 2.45) is 0 Å². The van der Waals surface area contributed by atoms with Crippen molar-refractivity contribution in [1.29, 1.82) is 0 Å². The molecular formula is C24H26O6. The predicted octanol–water partition coefficient (Wildman–Crippen LogP) is 4.77. The Morgan fingerprint density at radius 2 is 1.30 bits per heavy atom. The summed E-state index contributed by atoms with van der Waals surface area (Å²) in [7, 11) is 4.52. The van der Waals surface area contributed by atoms with E-state index < -0.39 is 0 Å². The van der Waals surface area contributed by atoms with Crippen LogP contribution in [0.4, 0.5) is 0 Å². The minimum atomic E-state index is -0.00400. The molecule has 0 radical (unpaired) electrons. The van der Waals surface area contributed by atoms with Gasteiger partial charge in [0, 0.05) is 0 Å². The maximum absolute atomic E-state index is 9.84. The van der Waals surface area contributed by atoms with Crippen molar-refractivity contribution in [1.82, 2.24) is 0 Å². The zero-order valence-electron chi connectivity index (χ0n) is 17.2. The monoisotopic (exact) mass is 410 g/mol. The minimum Gasteiger partial charge on any atom is -0.508 e. The van der Waals surface area contributed by atoms with Crippen LogP contribution in [-0.2, 0) is 6.42 Å². The molecule has 6 heteroatoms. The van der Waals surface area contributed by atoms with Crippen LogP contribution < -0.4 is 14.2 Å². The van der Waals surface area contributed by atoms with E-state index in [1.54, 1.807) is 48.5 Å². The Bertz CT molecular complexity index is 939. The van der Waals surface area contributed by atoms with E-state index in [1.165, 1.54) is 21.3 Å². The summed E-state index contributed by atoms with van der Waals surface area (Å²) in [4.78, 5) is 0. The zero-order valence-corrected chi connectivity index (χ0v) is 17.2. The van der Waals surface area contributed by atoms with Crippen molar-refractivity contribution in [2.75, 3.05) is 21.3 Å². The third-order valence-corrected chi connectivity index (χ3v) is 4.19. The second-order valence-electron chi connectivity index (χ2n) is 6.22. The third-order valence-electron chi connectivity index (χ3n) is 4.19. The largest absolute Gasteiger partial charge is 0.508 e. The summed E-state index contributed by atoms with van der Waals surface area (Å²) in [5.74, 6) is 1.70. The maximum atomic E-state index is 9.84. The molecule has 0 amide bonds. The highest BCUT2D eigenvalue weighted by atomic mass is 16.5. The fourth-order valence-corrected chi connectivity index (χ4v) is 2.60. The summed E-state index contributed by atoms with van der Waals surface area (Å²) in [6.07, 6.45) is 4.67. The number of ether oxygens (including phenoxy) is 3. The highest BCUT2D eigenvalue weighted by Gasteiger charge is 2.09. The van der Waals surface area contributed by atoms with Crippen molar-refractivity contribution >= 4 is 6.08 Å². The van der Waals surface area contributed by atoms with E-state index in [2.05, 4.69) is 0 Å². The van der Waals surface area contributed by atoms with Crippen molar-refractivity contribution in [3.8, 4) is 34.5 Å². The lowest BCUT2D eigenvalue weighted by atomic mass is 10.1. The summed E-state index contributed by atoms with van der Waals surface area (Å²) in [6, 6.07) is 17.4. The summed E-state index contributed by atoms with van der Waals surface area (Å²) in [5.41, 5.74) is 1.97. The molecule has 0 spiro atoms. The van der Waals surface area contributed by atoms with Crippen LogP contribution in [0.25, 0.3) is 6.08 Å². The van der Waals surface area contributed by atoms with Gasteiger partial charge in [-0.3, -0.25) is 0 Å². The van der Waals surface area contributed by atoms with Gasteiger partial charge in [-0.1, -0.05) is 36.4 Å². The van der Waals surface area contributed by atoms with E-state index in [9.17, 15) is 10.2 Å². The van der Waals surface area contributed by atoms with Crippen LogP contribution in [0.15, 0.2) is 66.7 Å². The van der Waals surface area contributed by atoms with E-state index in [1.807, 2.05) is 24.3 Å². The minimum absolute atomic E-state index is 0.00400. The van der Waals surface area contributed by atoms with Gasteiger partial charge in [0.05, 0.1) is 21.3 Å². The average Bonchev–Trinajstić information content (AvgIpc) is 2.77. The molecule has 0 aliphatic heterocycles. The molecule has 3 aromatic carbocycles. The molecule has 158 valence electrons. The number of benzene rings is 3. The van der Waals surface area contributed by atoms with Gasteiger partial charge in [0.2, 0.25) is 5.75 Å². The summed E-state index contributed by atoms with van der Waals surface area (Å²) < 4.78 is 15.0. The quantitative estimate of drug-likeness (QED) is 0.542. The van der Waals surface area contributed by atoms with Gasteiger partial charge in [-0.2, -0.15) is 0 Å². The van der Waals surface area contributed by atoms with Crippen molar-refractivity contribution in [3.05, 3.63) is 77.9 Å². The topological polar surface area (TPSA) is 88.4 Å². The Kier molecular flexibility index (Phi) is 8.44. The van der Waals surface area contributed by atoms with Gasteiger partial charge in [-0.25, -0.2) is 0 Å². The number of phenolic OH excluding ortho intramolecular Hbond substituents is 3. The van der Waals surface area contributed by atoms with Gasteiger partial charge < -0.3 is 29.5 Å². The number of allylic oxidation sites excluding steroid dienone is 1. The van der Waals surface area contributed by atoms with Crippen LogP contribution in [0.3, 0.4) is 0 Å². The molecule has 0 atom stereocenters. The summed E-state index contributed by atoms with van der Waals surface area (Å²) in [5, 5.41) is 28.1. The molecule has 6 nitrogen and oxygen atoms in total. The van der Waals surface area contributed by atoms with E-state index >= 15 is 0 Å². The van der Waals surface area contributed by atoms with Crippen molar-refractivity contribution in [2.45, 2.75) is 6.42 Å². The number of hydrogen-bond donors (Lipinski definition) is 3. The van der Waals surface area contributed by atoms with E-state index in [-0.39, 0.29) is 17.2 Å². The number of rotatable bonds is 6. The molecule has 0 aliphatic carbocycles. The Morgan fingerprint density at radius 1 is 0.733 bits per heavy atom. The van der Waals surface area contributed by atoms with Gasteiger partial charge in [0.1, 0.15) is 5.75 Å². The van der Waals surface area contributed by atoms with Gasteiger partial charge in [-0.15, -0.1) is 0 Å².